The van der Waals surface area contributed by atoms with E-state index in [0.29, 0.717) is 32.0 Å². The highest BCUT2D eigenvalue weighted by Crippen LogP contribution is 2.26. The zero-order valence-corrected chi connectivity index (χ0v) is 16.1. The number of hydrogen-bond donors (Lipinski definition) is 2. The number of nitro groups is 1. The van der Waals surface area contributed by atoms with Crippen LogP contribution in [0, 0.1) is 17.0 Å². The minimum atomic E-state index is -0.525. The van der Waals surface area contributed by atoms with E-state index in [0.717, 1.165) is 11.3 Å². The molecule has 1 aliphatic rings. The van der Waals surface area contributed by atoms with Crippen LogP contribution in [-0.2, 0) is 4.74 Å². The van der Waals surface area contributed by atoms with Gasteiger partial charge in [0.25, 0.3) is 11.6 Å². The Labute approximate surface area is 167 Å². The molecule has 0 radical (unpaired) electrons. The van der Waals surface area contributed by atoms with E-state index in [1.807, 2.05) is 36.1 Å². The number of nitrogens with zero attached hydrogens (tertiary/aromatic N) is 2. The number of hydrogen-bond acceptors (Lipinski definition) is 6. The number of rotatable bonds is 4. The highest BCUT2D eigenvalue weighted by Gasteiger charge is 2.22. The predicted molar refractivity (Wildman–Crippen MR) is 111 cm³/mol. The lowest BCUT2D eigenvalue weighted by Crippen LogP contribution is -2.39. The van der Waals surface area contributed by atoms with Crippen LogP contribution in [0.25, 0.3) is 0 Å². The molecule has 9 heteroatoms. The summed E-state index contributed by atoms with van der Waals surface area (Å²) in [6, 6.07) is 11.8. The Bertz CT molecular complexity index is 895. The smallest absolute Gasteiger partial charge is 0.270 e. The topological polar surface area (TPSA) is 96.7 Å². The van der Waals surface area contributed by atoms with Gasteiger partial charge >= 0.3 is 0 Å². The van der Waals surface area contributed by atoms with Crippen LogP contribution in [0.2, 0.25) is 0 Å². The van der Waals surface area contributed by atoms with Gasteiger partial charge in [0, 0.05) is 30.9 Å². The zero-order valence-electron chi connectivity index (χ0n) is 15.3. The SMILES string of the molecule is Cc1ccc(NC(=S)NC(=O)c2cc([N+](=O)[O-])ccc2N2CCOCC2)cc1. The van der Waals surface area contributed by atoms with Gasteiger partial charge in [-0.3, -0.25) is 20.2 Å². The summed E-state index contributed by atoms with van der Waals surface area (Å²) in [4.78, 5) is 25.4. The minimum absolute atomic E-state index is 0.119. The Kier molecular flexibility index (Phi) is 6.17. The van der Waals surface area contributed by atoms with E-state index in [1.54, 1.807) is 6.07 Å². The van der Waals surface area contributed by atoms with Crippen molar-refractivity contribution in [3.8, 4) is 0 Å². The van der Waals surface area contributed by atoms with Crippen molar-refractivity contribution in [3.05, 3.63) is 63.7 Å². The third-order valence-electron chi connectivity index (χ3n) is 4.32. The molecule has 28 heavy (non-hydrogen) atoms. The van der Waals surface area contributed by atoms with Gasteiger partial charge in [0.2, 0.25) is 0 Å². The third kappa shape index (κ3) is 4.81. The maximum atomic E-state index is 12.8. The molecule has 0 atom stereocenters. The normalized spacial score (nSPS) is 13.7. The van der Waals surface area contributed by atoms with Crippen LogP contribution in [0.15, 0.2) is 42.5 Å². The number of nitrogens with one attached hydrogen (secondary N) is 2. The number of benzene rings is 2. The average Bonchev–Trinajstić information content (AvgIpc) is 2.69. The van der Waals surface area contributed by atoms with Crippen LogP contribution < -0.4 is 15.5 Å². The lowest BCUT2D eigenvalue weighted by molar-refractivity contribution is -0.384. The number of anilines is 2. The van der Waals surface area contributed by atoms with Crippen LogP contribution in [0.1, 0.15) is 15.9 Å². The molecule has 1 amide bonds. The Morgan fingerprint density at radius 2 is 1.86 bits per heavy atom. The van der Waals surface area contributed by atoms with Gasteiger partial charge in [0.15, 0.2) is 5.11 Å². The van der Waals surface area contributed by atoms with Crippen molar-refractivity contribution in [1.82, 2.24) is 5.32 Å². The molecule has 1 aliphatic heterocycles. The van der Waals surface area contributed by atoms with Gasteiger partial charge in [-0.2, -0.15) is 0 Å². The Morgan fingerprint density at radius 1 is 1.18 bits per heavy atom. The number of carbonyl (C=O) groups excluding carboxylic acids is 1. The molecule has 8 nitrogen and oxygen atoms in total. The van der Waals surface area contributed by atoms with E-state index in [9.17, 15) is 14.9 Å². The molecule has 1 heterocycles. The molecule has 1 fully saturated rings. The van der Waals surface area contributed by atoms with Crippen molar-refractivity contribution in [3.63, 3.8) is 0 Å². The minimum Gasteiger partial charge on any atom is -0.378 e. The van der Waals surface area contributed by atoms with Crippen molar-refractivity contribution in [1.29, 1.82) is 0 Å². The number of carbonyl (C=O) groups is 1. The molecule has 2 aromatic rings. The van der Waals surface area contributed by atoms with Gasteiger partial charge in [0.05, 0.1) is 29.4 Å². The second-order valence-electron chi connectivity index (χ2n) is 6.33. The van der Waals surface area contributed by atoms with E-state index < -0.39 is 10.8 Å². The molecule has 2 N–H and O–H groups in total. The zero-order chi connectivity index (χ0) is 20.1. The van der Waals surface area contributed by atoms with E-state index in [4.69, 9.17) is 17.0 Å². The summed E-state index contributed by atoms with van der Waals surface area (Å²) in [5, 5.41) is 16.8. The molecule has 0 aromatic heterocycles. The van der Waals surface area contributed by atoms with Crippen LogP contribution in [0.3, 0.4) is 0 Å². The van der Waals surface area contributed by atoms with Crippen LogP contribution >= 0.6 is 12.2 Å². The fourth-order valence-corrected chi connectivity index (χ4v) is 3.08. The summed E-state index contributed by atoms with van der Waals surface area (Å²) in [6.45, 7) is 4.24. The van der Waals surface area contributed by atoms with Gasteiger partial charge in [-0.15, -0.1) is 0 Å². The standard InChI is InChI=1S/C19H20N4O4S/c1-13-2-4-14(5-3-13)20-19(28)21-18(24)16-12-15(23(25)26)6-7-17(16)22-8-10-27-11-9-22/h2-7,12H,8-11H2,1H3,(H2,20,21,24,28). The summed E-state index contributed by atoms with van der Waals surface area (Å²) in [7, 11) is 0. The van der Waals surface area contributed by atoms with Crippen LogP contribution in [0.4, 0.5) is 17.1 Å². The quantitative estimate of drug-likeness (QED) is 0.463. The van der Waals surface area contributed by atoms with Gasteiger partial charge in [-0.05, 0) is 37.3 Å². The van der Waals surface area contributed by atoms with Crippen molar-refractivity contribution >= 4 is 40.3 Å². The van der Waals surface area contributed by atoms with E-state index in [1.165, 1.54) is 12.1 Å². The van der Waals surface area contributed by atoms with Gasteiger partial charge < -0.3 is 15.0 Å². The summed E-state index contributed by atoms with van der Waals surface area (Å²) in [6.07, 6.45) is 0. The first kappa shape index (κ1) is 19.7. The van der Waals surface area contributed by atoms with Crippen molar-refractivity contribution in [2.75, 3.05) is 36.5 Å². The number of aryl methyl sites for hydroxylation is 1. The van der Waals surface area contributed by atoms with Crippen molar-refractivity contribution in [2.45, 2.75) is 6.92 Å². The Balaban J connectivity index is 1.79. The summed E-state index contributed by atoms with van der Waals surface area (Å²) >= 11 is 5.22. The van der Waals surface area contributed by atoms with Crippen molar-refractivity contribution < 1.29 is 14.5 Å². The molecule has 0 unspecified atom stereocenters. The molecule has 3 rings (SSSR count). The second-order valence-corrected chi connectivity index (χ2v) is 6.74. The monoisotopic (exact) mass is 400 g/mol. The molecular formula is C19H20N4O4S. The van der Waals surface area contributed by atoms with E-state index in [-0.39, 0.29) is 16.4 Å². The first-order chi connectivity index (χ1) is 13.4. The number of nitro benzene ring substituents is 1. The van der Waals surface area contributed by atoms with Crippen LogP contribution in [0.5, 0.6) is 0 Å². The lowest BCUT2D eigenvalue weighted by Gasteiger charge is -2.30. The molecular weight excluding hydrogens is 380 g/mol. The number of morpholine rings is 1. The summed E-state index contributed by atoms with van der Waals surface area (Å²) in [5.74, 6) is -0.505. The first-order valence-electron chi connectivity index (χ1n) is 8.74. The lowest BCUT2D eigenvalue weighted by atomic mass is 10.1. The molecule has 0 saturated carbocycles. The van der Waals surface area contributed by atoms with Gasteiger partial charge in [-0.1, -0.05) is 17.7 Å². The molecule has 2 aromatic carbocycles. The second kappa shape index (κ2) is 8.77. The third-order valence-corrected chi connectivity index (χ3v) is 4.53. The highest BCUT2D eigenvalue weighted by molar-refractivity contribution is 7.80. The Hall–Kier alpha value is -3.04. The number of non-ortho nitro benzene ring substituents is 1. The fraction of sp³-hybridized carbons (Fsp3) is 0.263. The number of ether oxygens (including phenoxy) is 1. The van der Waals surface area contributed by atoms with E-state index in [2.05, 4.69) is 10.6 Å². The van der Waals surface area contributed by atoms with Gasteiger partial charge in [-0.25, -0.2) is 0 Å². The fourth-order valence-electron chi connectivity index (χ4n) is 2.87. The first-order valence-corrected chi connectivity index (χ1v) is 9.15. The molecule has 0 bridgehead atoms. The summed E-state index contributed by atoms with van der Waals surface area (Å²) in [5.41, 5.74) is 2.50. The number of thiocarbonyl (C=S) groups is 1. The average molecular weight is 400 g/mol. The molecule has 146 valence electrons. The largest absolute Gasteiger partial charge is 0.378 e. The molecule has 1 saturated heterocycles. The molecule has 0 spiro atoms. The van der Waals surface area contributed by atoms with Crippen molar-refractivity contribution in [2.24, 2.45) is 0 Å². The maximum Gasteiger partial charge on any atom is 0.270 e. The Morgan fingerprint density at radius 3 is 2.50 bits per heavy atom. The van der Waals surface area contributed by atoms with Gasteiger partial charge in [0.1, 0.15) is 0 Å². The highest BCUT2D eigenvalue weighted by atomic mass is 32.1. The van der Waals surface area contributed by atoms with E-state index >= 15 is 0 Å². The van der Waals surface area contributed by atoms with Crippen LogP contribution in [-0.4, -0.2) is 42.2 Å². The predicted octanol–water partition coefficient (Wildman–Crippen LogP) is 2.87. The number of amides is 1. The summed E-state index contributed by atoms with van der Waals surface area (Å²) < 4.78 is 5.34. The molecule has 0 aliphatic carbocycles. The maximum absolute atomic E-state index is 12.8.